The Morgan fingerprint density at radius 2 is 1.60 bits per heavy atom. The highest BCUT2D eigenvalue weighted by Crippen LogP contribution is 2.14. The van der Waals surface area contributed by atoms with Crippen LogP contribution in [0.5, 0.6) is 0 Å². The standard InChI is InChI=1S/C30H41N7O5/c1-4-21(5-2)20-42-27(39)23(19-31)17-22-11-13-25(14-12-22)35-29(40)32-15-9-7-8-10-16-33-30(41)37-28-34-24(6-3)18-26(38)36-28/h11-14,17-18,21H,4-10,15-16,20H2,1-3H3,(H2,32,35,40)(H3,33,34,36,37,38,41). The lowest BCUT2D eigenvalue weighted by atomic mass is 10.1. The number of H-pyrrole nitrogens is 1. The lowest BCUT2D eigenvalue weighted by Gasteiger charge is -2.12. The highest BCUT2D eigenvalue weighted by atomic mass is 16.5. The van der Waals surface area contributed by atoms with Gasteiger partial charge in [-0.3, -0.25) is 15.1 Å². The van der Waals surface area contributed by atoms with Gasteiger partial charge in [-0.1, -0.05) is 58.6 Å². The number of nitrogens with one attached hydrogen (secondary N) is 5. The lowest BCUT2D eigenvalue weighted by molar-refractivity contribution is -0.139. The van der Waals surface area contributed by atoms with Gasteiger partial charge in [0, 0.05) is 30.5 Å². The molecule has 1 aromatic carbocycles. The maximum atomic E-state index is 12.2. The van der Waals surface area contributed by atoms with Crippen molar-refractivity contribution in [3.63, 3.8) is 0 Å². The summed E-state index contributed by atoms with van der Waals surface area (Å²) in [5.74, 6) is -0.250. The van der Waals surface area contributed by atoms with Crippen molar-refractivity contribution in [2.45, 2.75) is 65.7 Å². The van der Waals surface area contributed by atoms with Gasteiger partial charge in [0.15, 0.2) is 0 Å². The van der Waals surface area contributed by atoms with E-state index in [1.165, 1.54) is 12.1 Å². The number of carbonyl (C=O) groups excluding carboxylic acids is 3. The molecule has 4 amide bonds. The molecule has 0 aliphatic heterocycles. The summed E-state index contributed by atoms with van der Waals surface area (Å²) in [6.07, 6.45) is 7.14. The minimum atomic E-state index is -0.641. The number of nitrogens with zero attached hydrogens (tertiary/aromatic N) is 2. The zero-order chi connectivity index (χ0) is 30.7. The predicted molar refractivity (Wildman–Crippen MR) is 162 cm³/mol. The van der Waals surface area contributed by atoms with E-state index >= 15 is 0 Å². The van der Waals surface area contributed by atoms with Crippen LogP contribution in [-0.4, -0.2) is 47.7 Å². The third-order valence-electron chi connectivity index (χ3n) is 6.49. The fraction of sp³-hybridized carbons (Fsp3) is 0.467. The number of aromatic amines is 1. The Kier molecular flexibility index (Phi) is 14.9. The third-order valence-corrected chi connectivity index (χ3v) is 6.49. The second-order valence-electron chi connectivity index (χ2n) is 9.69. The number of aromatic nitrogens is 2. The quantitative estimate of drug-likeness (QED) is 0.0826. The summed E-state index contributed by atoms with van der Waals surface area (Å²) >= 11 is 0. The normalized spacial score (nSPS) is 11.0. The van der Waals surface area contributed by atoms with Crippen molar-refractivity contribution in [2.75, 3.05) is 30.3 Å². The Hall–Kier alpha value is -4.66. The van der Waals surface area contributed by atoms with Crippen LogP contribution in [0, 0.1) is 17.2 Å². The molecule has 1 aromatic heterocycles. The minimum Gasteiger partial charge on any atom is -0.461 e. The molecule has 0 atom stereocenters. The molecule has 0 aliphatic rings. The van der Waals surface area contributed by atoms with Gasteiger partial charge < -0.3 is 20.7 Å². The van der Waals surface area contributed by atoms with Crippen LogP contribution >= 0.6 is 0 Å². The van der Waals surface area contributed by atoms with Gasteiger partial charge in [-0.2, -0.15) is 5.26 Å². The van der Waals surface area contributed by atoms with Crippen molar-refractivity contribution in [1.82, 2.24) is 20.6 Å². The number of anilines is 2. The predicted octanol–water partition coefficient (Wildman–Crippen LogP) is 4.72. The highest BCUT2D eigenvalue weighted by Gasteiger charge is 2.13. The van der Waals surface area contributed by atoms with E-state index in [0.717, 1.165) is 38.5 Å². The Balaban J connectivity index is 1.62. The van der Waals surface area contributed by atoms with Crippen molar-refractivity contribution in [2.24, 2.45) is 5.92 Å². The van der Waals surface area contributed by atoms with Gasteiger partial charge in [0.1, 0.15) is 11.6 Å². The first-order valence-corrected chi connectivity index (χ1v) is 14.4. The molecule has 0 unspecified atom stereocenters. The molecule has 12 nitrogen and oxygen atoms in total. The van der Waals surface area contributed by atoms with Crippen molar-refractivity contribution in [3.8, 4) is 6.07 Å². The Morgan fingerprint density at radius 3 is 2.17 bits per heavy atom. The Morgan fingerprint density at radius 1 is 0.976 bits per heavy atom. The number of amides is 4. The fourth-order valence-electron chi connectivity index (χ4n) is 3.84. The first kappa shape index (κ1) is 33.5. The number of carbonyl (C=O) groups is 3. The first-order valence-electron chi connectivity index (χ1n) is 14.4. The molecule has 5 N–H and O–H groups in total. The zero-order valence-corrected chi connectivity index (χ0v) is 24.5. The van der Waals surface area contributed by atoms with Gasteiger partial charge in [0.05, 0.1) is 6.61 Å². The van der Waals surface area contributed by atoms with Gasteiger partial charge in [0.25, 0.3) is 5.56 Å². The second-order valence-corrected chi connectivity index (χ2v) is 9.69. The molecule has 0 spiro atoms. The fourth-order valence-corrected chi connectivity index (χ4v) is 3.84. The molecule has 42 heavy (non-hydrogen) atoms. The summed E-state index contributed by atoms with van der Waals surface area (Å²) in [7, 11) is 0. The topological polar surface area (TPSA) is 178 Å². The molecule has 0 saturated carbocycles. The van der Waals surface area contributed by atoms with Gasteiger partial charge in [-0.05, 0) is 49.0 Å². The van der Waals surface area contributed by atoms with Crippen LogP contribution in [0.25, 0.3) is 6.08 Å². The molecule has 0 fully saturated rings. The lowest BCUT2D eigenvalue weighted by Crippen LogP contribution is -2.31. The van der Waals surface area contributed by atoms with E-state index in [1.807, 2.05) is 26.8 Å². The molecule has 0 saturated heterocycles. The molecule has 2 rings (SSSR count). The monoisotopic (exact) mass is 579 g/mol. The maximum absolute atomic E-state index is 12.2. The summed E-state index contributed by atoms with van der Waals surface area (Å²) in [4.78, 5) is 54.6. The van der Waals surface area contributed by atoms with E-state index in [4.69, 9.17) is 4.74 Å². The van der Waals surface area contributed by atoms with Crippen LogP contribution < -0.4 is 26.8 Å². The number of hydrogen-bond acceptors (Lipinski definition) is 7. The summed E-state index contributed by atoms with van der Waals surface area (Å²) in [6.45, 7) is 7.19. The van der Waals surface area contributed by atoms with Gasteiger partial charge in [-0.25, -0.2) is 19.4 Å². The number of aryl methyl sites for hydroxylation is 1. The van der Waals surface area contributed by atoms with Crippen LogP contribution in [0.2, 0.25) is 0 Å². The van der Waals surface area contributed by atoms with Gasteiger partial charge in [0.2, 0.25) is 5.95 Å². The number of esters is 1. The van der Waals surface area contributed by atoms with Crippen molar-refractivity contribution < 1.29 is 19.1 Å². The largest absolute Gasteiger partial charge is 0.461 e. The number of rotatable bonds is 16. The third kappa shape index (κ3) is 12.7. The van der Waals surface area contributed by atoms with Crippen LogP contribution in [0.3, 0.4) is 0 Å². The second kappa shape index (κ2) is 18.6. The average molecular weight is 580 g/mol. The molecule has 1 heterocycles. The number of unbranched alkanes of at least 4 members (excludes halogenated alkanes) is 3. The van der Waals surface area contributed by atoms with Crippen molar-refractivity contribution in [3.05, 3.63) is 57.5 Å². The summed E-state index contributed by atoms with van der Waals surface area (Å²) < 4.78 is 5.27. The highest BCUT2D eigenvalue weighted by molar-refractivity contribution is 5.98. The molecule has 226 valence electrons. The van der Waals surface area contributed by atoms with E-state index in [1.54, 1.807) is 24.3 Å². The molecule has 2 aromatic rings. The summed E-state index contributed by atoms with van der Waals surface area (Å²) in [6, 6.07) is 9.29. The molecular formula is C30H41N7O5. The number of ether oxygens (including phenoxy) is 1. The van der Waals surface area contributed by atoms with E-state index in [9.17, 15) is 24.4 Å². The van der Waals surface area contributed by atoms with E-state index in [0.29, 0.717) is 36.5 Å². The molecule has 12 heteroatoms. The van der Waals surface area contributed by atoms with E-state index in [2.05, 4.69) is 31.2 Å². The Labute approximate surface area is 246 Å². The van der Waals surface area contributed by atoms with Crippen molar-refractivity contribution in [1.29, 1.82) is 5.26 Å². The van der Waals surface area contributed by atoms with Crippen LogP contribution in [0.15, 0.2) is 40.7 Å². The zero-order valence-electron chi connectivity index (χ0n) is 24.5. The molecule has 0 aliphatic carbocycles. The van der Waals surface area contributed by atoms with Crippen LogP contribution in [0.4, 0.5) is 21.2 Å². The van der Waals surface area contributed by atoms with E-state index in [-0.39, 0.29) is 35.6 Å². The Bertz CT molecular complexity index is 1290. The van der Waals surface area contributed by atoms with Crippen molar-refractivity contribution >= 4 is 35.7 Å². The first-order chi connectivity index (χ1) is 20.3. The SMILES string of the molecule is CCc1cc(=O)[nH]c(NC(=O)NCCCCCCNC(=O)Nc2ccc(C=C(C#N)C(=O)OCC(CC)CC)cc2)n1. The number of urea groups is 2. The maximum Gasteiger partial charge on any atom is 0.348 e. The number of benzene rings is 1. The van der Waals surface area contributed by atoms with Gasteiger partial charge >= 0.3 is 18.0 Å². The van der Waals surface area contributed by atoms with Crippen LogP contribution in [-0.2, 0) is 16.0 Å². The summed E-state index contributed by atoms with van der Waals surface area (Å²) in [5.41, 5.74) is 1.42. The van der Waals surface area contributed by atoms with Crippen LogP contribution in [0.1, 0.15) is 70.6 Å². The number of hydrogen-bond donors (Lipinski definition) is 5. The smallest absolute Gasteiger partial charge is 0.348 e. The summed E-state index contributed by atoms with van der Waals surface area (Å²) in [5, 5.41) is 20.2. The van der Waals surface area contributed by atoms with Gasteiger partial charge in [-0.15, -0.1) is 0 Å². The molecular weight excluding hydrogens is 538 g/mol. The number of nitriles is 1. The molecule has 0 bridgehead atoms. The van der Waals surface area contributed by atoms with E-state index < -0.39 is 12.0 Å². The minimum absolute atomic E-state index is 0.0778. The average Bonchev–Trinajstić information content (AvgIpc) is 2.98. The molecule has 0 radical (unpaired) electrons.